The predicted octanol–water partition coefficient (Wildman–Crippen LogP) is 3.91. The summed E-state index contributed by atoms with van der Waals surface area (Å²) in [6.07, 6.45) is 2.94. The molecule has 0 aliphatic carbocycles. The third-order valence-electron chi connectivity index (χ3n) is 4.61. The van der Waals surface area contributed by atoms with E-state index >= 15 is 0 Å². The van der Waals surface area contributed by atoms with Crippen LogP contribution < -0.4 is 0 Å². The highest BCUT2D eigenvalue weighted by molar-refractivity contribution is 6.14. The molecule has 0 spiro atoms. The maximum absolute atomic E-state index is 5.85. The highest BCUT2D eigenvalue weighted by Gasteiger charge is 2.26. The third-order valence-corrected chi connectivity index (χ3v) is 4.61. The first kappa shape index (κ1) is 13.3. The van der Waals surface area contributed by atoms with Crippen LogP contribution in [0.1, 0.15) is 26.0 Å². The molecule has 1 unspecified atom stereocenters. The standard InChI is InChI=1S/C18H19N3O/c1-3-11(2)15-10-22-18(21-15)17-16-13(8-9-19-17)12-6-4-5-7-14(12)20-16/h4-9,11,15,20H,3,10H2,1-2H3/t11?,15-/m0/s1. The van der Waals surface area contributed by atoms with E-state index in [9.17, 15) is 0 Å². The molecule has 4 heteroatoms. The number of hydrogen-bond donors (Lipinski definition) is 1. The Labute approximate surface area is 129 Å². The second-order valence-electron chi connectivity index (χ2n) is 5.95. The minimum absolute atomic E-state index is 0.237. The number of rotatable bonds is 3. The number of ether oxygens (including phenoxy) is 1. The highest BCUT2D eigenvalue weighted by Crippen LogP contribution is 2.28. The van der Waals surface area contributed by atoms with Gasteiger partial charge in [0.05, 0.1) is 11.6 Å². The van der Waals surface area contributed by atoms with Gasteiger partial charge in [-0.1, -0.05) is 38.5 Å². The Kier molecular flexibility index (Phi) is 3.10. The second kappa shape index (κ2) is 5.13. The summed E-state index contributed by atoms with van der Waals surface area (Å²) in [5, 5.41) is 2.37. The summed E-state index contributed by atoms with van der Waals surface area (Å²) in [6, 6.07) is 10.6. The molecule has 0 saturated heterocycles. The average molecular weight is 293 g/mol. The van der Waals surface area contributed by atoms with Gasteiger partial charge in [0.15, 0.2) is 0 Å². The van der Waals surface area contributed by atoms with Crippen LogP contribution in [0.15, 0.2) is 41.5 Å². The lowest BCUT2D eigenvalue weighted by molar-refractivity contribution is 0.282. The van der Waals surface area contributed by atoms with Gasteiger partial charge < -0.3 is 9.72 Å². The number of nitrogens with zero attached hydrogens (tertiary/aromatic N) is 2. The third kappa shape index (κ3) is 1.98. The first-order chi connectivity index (χ1) is 10.8. The normalized spacial score (nSPS) is 19.4. The first-order valence-corrected chi connectivity index (χ1v) is 7.84. The zero-order valence-electron chi connectivity index (χ0n) is 12.8. The van der Waals surface area contributed by atoms with Crippen LogP contribution in [0.5, 0.6) is 0 Å². The van der Waals surface area contributed by atoms with Crippen molar-refractivity contribution in [2.24, 2.45) is 10.9 Å². The molecule has 2 atom stereocenters. The lowest BCUT2D eigenvalue weighted by Crippen LogP contribution is -2.16. The molecule has 3 aromatic rings. The fourth-order valence-corrected chi connectivity index (χ4v) is 3.02. The Morgan fingerprint density at radius 3 is 3.00 bits per heavy atom. The molecule has 4 nitrogen and oxygen atoms in total. The van der Waals surface area contributed by atoms with Crippen LogP contribution >= 0.6 is 0 Å². The van der Waals surface area contributed by atoms with Gasteiger partial charge in [-0.05, 0) is 18.1 Å². The van der Waals surface area contributed by atoms with Crippen LogP contribution in [0.2, 0.25) is 0 Å². The van der Waals surface area contributed by atoms with Crippen molar-refractivity contribution in [3.63, 3.8) is 0 Å². The molecule has 1 N–H and O–H groups in total. The fourth-order valence-electron chi connectivity index (χ4n) is 3.02. The summed E-state index contributed by atoms with van der Waals surface area (Å²) < 4.78 is 5.85. The maximum atomic E-state index is 5.85. The average Bonchev–Trinajstić information content (AvgIpc) is 3.18. The van der Waals surface area contributed by atoms with Crippen LogP contribution in [0.4, 0.5) is 0 Å². The van der Waals surface area contributed by atoms with Crippen molar-refractivity contribution in [3.05, 3.63) is 42.2 Å². The van der Waals surface area contributed by atoms with Crippen molar-refractivity contribution < 1.29 is 4.74 Å². The highest BCUT2D eigenvalue weighted by atomic mass is 16.5. The largest absolute Gasteiger partial charge is 0.474 e. The van der Waals surface area contributed by atoms with Gasteiger partial charge in [-0.25, -0.2) is 9.98 Å². The smallest absolute Gasteiger partial charge is 0.237 e. The van der Waals surface area contributed by atoms with Gasteiger partial charge in [-0.15, -0.1) is 0 Å². The van der Waals surface area contributed by atoms with E-state index < -0.39 is 0 Å². The van der Waals surface area contributed by atoms with E-state index in [-0.39, 0.29) is 6.04 Å². The van der Waals surface area contributed by atoms with Gasteiger partial charge >= 0.3 is 0 Å². The zero-order chi connectivity index (χ0) is 15.1. The predicted molar refractivity (Wildman–Crippen MR) is 89.3 cm³/mol. The summed E-state index contributed by atoms with van der Waals surface area (Å²) in [6.45, 7) is 5.06. The molecule has 1 aliphatic rings. The van der Waals surface area contributed by atoms with E-state index in [0.717, 1.165) is 23.1 Å². The molecule has 1 aliphatic heterocycles. The molecule has 112 valence electrons. The molecule has 0 bridgehead atoms. The van der Waals surface area contributed by atoms with Gasteiger partial charge in [0.25, 0.3) is 0 Å². The molecule has 1 aromatic carbocycles. The molecular formula is C18H19N3O. The molecule has 2 aromatic heterocycles. The van der Waals surface area contributed by atoms with Crippen LogP contribution in [-0.2, 0) is 4.74 Å². The Morgan fingerprint density at radius 1 is 1.27 bits per heavy atom. The molecule has 4 rings (SSSR count). The minimum atomic E-state index is 0.237. The number of benzene rings is 1. The summed E-state index contributed by atoms with van der Waals surface area (Å²) >= 11 is 0. The monoisotopic (exact) mass is 293 g/mol. The van der Waals surface area contributed by atoms with Gasteiger partial charge in [0.1, 0.15) is 12.3 Å². The topological polar surface area (TPSA) is 50.3 Å². The van der Waals surface area contributed by atoms with Crippen LogP contribution in [0, 0.1) is 5.92 Å². The van der Waals surface area contributed by atoms with Crippen molar-refractivity contribution in [2.75, 3.05) is 6.61 Å². The van der Waals surface area contributed by atoms with Gasteiger partial charge in [0.2, 0.25) is 5.90 Å². The molecule has 0 saturated carbocycles. The number of para-hydroxylation sites is 1. The molecule has 22 heavy (non-hydrogen) atoms. The summed E-state index contributed by atoms with van der Waals surface area (Å²) in [5.74, 6) is 1.20. The van der Waals surface area contributed by atoms with Crippen LogP contribution in [-0.4, -0.2) is 28.5 Å². The maximum Gasteiger partial charge on any atom is 0.237 e. The van der Waals surface area contributed by atoms with Gasteiger partial charge in [-0.2, -0.15) is 0 Å². The van der Waals surface area contributed by atoms with Crippen molar-refractivity contribution >= 4 is 27.7 Å². The first-order valence-electron chi connectivity index (χ1n) is 7.84. The quantitative estimate of drug-likeness (QED) is 0.796. The lowest BCUT2D eigenvalue weighted by Gasteiger charge is -2.11. The van der Waals surface area contributed by atoms with E-state index in [1.165, 1.54) is 10.8 Å². The molecule has 3 heterocycles. The van der Waals surface area contributed by atoms with Crippen molar-refractivity contribution in [1.29, 1.82) is 0 Å². The molecular weight excluding hydrogens is 274 g/mol. The number of aliphatic imine (C=N–C) groups is 1. The summed E-state index contributed by atoms with van der Waals surface area (Å²) in [7, 11) is 0. The van der Waals surface area contributed by atoms with Crippen molar-refractivity contribution in [3.8, 4) is 0 Å². The van der Waals surface area contributed by atoms with Gasteiger partial charge in [0, 0.05) is 22.5 Å². The van der Waals surface area contributed by atoms with E-state index in [1.54, 1.807) is 0 Å². The number of aromatic nitrogens is 2. The summed E-state index contributed by atoms with van der Waals surface area (Å²) in [5.41, 5.74) is 2.94. The molecule has 0 radical (unpaired) electrons. The summed E-state index contributed by atoms with van der Waals surface area (Å²) in [4.78, 5) is 12.7. The van der Waals surface area contributed by atoms with Crippen molar-refractivity contribution in [1.82, 2.24) is 9.97 Å². The van der Waals surface area contributed by atoms with Crippen LogP contribution in [0.25, 0.3) is 21.8 Å². The SMILES string of the molecule is CCC(C)[C@@H]1COC(c2nccc3c2[nH]c2ccccc23)=N1. The molecule has 0 amide bonds. The Hall–Kier alpha value is -2.36. The molecule has 0 fully saturated rings. The van der Waals surface area contributed by atoms with E-state index in [1.807, 2.05) is 18.3 Å². The zero-order valence-corrected chi connectivity index (χ0v) is 12.8. The Bertz CT molecular complexity index is 865. The van der Waals surface area contributed by atoms with E-state index in [0.29, 0.717) is 18.4 Å². The number of nitrogens with one attached hydrogen (secondary N) is 1. The minimum Gasteiger partial charge on any atom is -0.474 e. The Morgan fingerprint density at radius 2 is 2.14 bits per heavy atom. The Balaban J connectivity index is 1.86. The number of hydrogen-bond acceptors (Lipinski definition) is 3. The number of pyridine rings is 1. The number of H-pyrrole nitrogens is 1. The lowest BCUT2D eigenvalue weighted by atomic mass is 10.0. The number of aromatic amines is 1. The van der Waals surface area contributed by atoms with E-state index in [4.69, 9.17) is 9.73 Å². The van der Waals surface area contributed by atoms with Gasteiger partial charge in [-0.3, -0.25) is 0 Å². The van der Waals surface area contributed by atoms with E-state index in [2.05, 4.69) is 42.0 Å². The number of fused-ring (bicyclic) bond motifs is 3. The fraction of sp³-hybridized carbons (Fsp3) is 0.333. The van der Waals surface area contributed by atoms with Crippen molar-refractivity contribution in [2.45, 2.75) is 26.3 Å². The second-order valence-corrected chi connectivity index (χ2v) is 5.95. The van der Waals surface area contributed by atoms with Crippen LogP contribution in [0.3, 0.4) is 0 Å².